The van der Waals surface area contributed by atoms with Gasteiger partial charge in [-0.25, -0.2) is 4.98 Å². The Morgan fingerprint density at radius 3 is 2.74 bits per heavy atom. The lowest BCUT2D eigenvalue weighted by Crippen LogP contribution is -1.99. The highest BCUT2D eigenvalue weighted by molar-refractivity contribution is 5.80. The quantitative estimate of drug-likeness (QED) is 0.649. The molecule has 0 fully saturated rings. The Morgan fingerprint density at radius 1 is 1.17 bits per heavy atom. The van der Waals surface area contributed by atoms with Crippen LogP contribution in [0.2, 0.25) is 0 Å². The summed E-state index contributed by atoms with van der Waals surface area (Å²) in [5, 5.41) is 0. The third kappa shape index (κ3) is 3.40. The van der Waals surface area contributed by atoms with E-state index in [2.05, 4.69) is 4.98 Å². The van der Waals surface area contributed by atoms with Crippen LogP contribution in [0.25, 0.3) is 11.5 Å². The third-order valence-corrected chi connectivity index (χ3v) is 3.29. The van der Waals surface area contributed by atoms with Crippen molar-refractivity contribution in [3.8, 4) is 23.0 Å². The first-order chi connectivity index (χ1) is 11.3. The smallest absolute Gasteiger partial charge is 0.226 e. The maximum atomic E-state index is 11.1. The second-order valence-corrected chi connectivity index (χ2v) is 4.82. The molecule has 0 aliphatic heterocycles. The number of hydrogen-bond acceptors (Lipinski definition) is 5. The van der Waals surface area contributed by atoms with Gasteiger partial charge in [0.2, 0.25) is 5.89 Å². The zero-order chi connectivity index (χ0) is 16.1. The molecule has 3 aromatic rings. The SMILES string of the molecule is COc1ccc(OCc2coc(-c3ccccc3)n2)c(C=O)c1. The number of methoxy groups -OCH3 is 1. The van der Waals surface area contributed by atoms with Crippen LogP contribution >= 0.6 is 0 Å². The summed E-state index contributed by atoms with van der Waals surface area (Å²) < 4.78 is 16.2. The lowest BCUT2D eigenvalue weighted by Gasteiger charge is -2.08. The van der Waals surface area contributed by atoms with Gasteiger partial charge in [0.25, 0.3) is 0 Å². The molecule has 2 aromatic carbocycles. The van der Waals surface area contributed by atoms with Gasteiger partial charge in [0.15, 0.2) is 6.29 Å². The Labute approximate surface area is 133 Å². The van der Waals surface area contributed by atoms with E-state index in [-0.39, 0.29) is 6.61 Å². The van der Waals surface area contributed by atoms with Crippen LogP contribution in [-0.4, -0.2) is 18.4 Å². The number of rotatable bonds is 6. The topological polar surface area (TPSA) is 61.6 Å². The van der Waals surface area contributed by atoms with E-state index < -0.39 is 0 Å². The molecule has 0 aliphatic rings. The Bertz CT molecular complexity index is 796. The van der Waals surface area contributed by atoms with Gasteiger partial charge in [0, 0.05) is 5.56 Å². The number of carbonyl (C=O) groups is 1. The van der Waals surface area contributed by atoms with Gasteiger partial charge in [0.1, 0.15) is 30.1 Å². The average molecular weight is 309 g/mol. The van der Waals surface area contributed by atoms with E-state index in [1.165, 1.54) is 0 Å². The number of carbonyl (C=O) groups excluding carboxylic acids is 1. The molecule has 1 heterocycles. The Balaban J connectivity index is 1.72. The molecule has 0 N–H and O–H groups in total. The summed E-state index contributed by atoms with van der Waals surface area (Å²) in [6.07, 6.45) is 2.28. The second kappa shape index (κ2) is 6.79. The molecule has 116 valence electrons. The number of aromatic nitrogens is 1. The molecule has 0 atom stereocenters. The van der Waals surface area contributed by atoms with E-state index in [1.54, 1.807) is 31.6 Å². The largest absolute Gasteiger partial charge is 0.497 e. The van der Waals surface area contributed by atoms with Gasteiger partial charge in [-0.05, 0) is 30.3 Å². The maximum Gasteiger partial charge on any atom is 0.226 e. The van der Waals surface area contributed by atoms with Crippen LogP contribution in [-0.2, 0) is 6.61 Å². The number of hydrogen-bond donors (Lipinski definition) is 0. The van der Waals surface area contributed by atoms with Crippen LogP contribution in [0.5, 0.6) is 11.5 Å². The summed E-state index contributed by atoms with van der Waals surface area (Å²) in [4.78, 5) is 15.5. The lowest BCUT2D eigenvalue weighted by molar-refractivity contribution is 0.111. The summed E-state index contributed by atoms with van der Waals surface area (Å²) in [7, 11) is 1.55. The van der Waals surface area contributed by atoms with Crippen molar-refractivity contribution in [2.75, 3.05) is 7.11 Å². The first-order valence-corrected chi connectivity index (χ1v) is 7.06. The minimum absolute atomic E-state index is 0.212. The van der Waals surface area contributed by atoms with Crippen molar-refractivity contribution >= 4 is 6.29 Å². The number of benzene rings is 2. The standard InChI is InChI=1S/C18H15NO4/c1-21-16-7-8-17(14(9-16)10-20)22-11-15-12-23-18(19-15)13-5-3-2-4-6-13/h2-10,12H,11H2,1H3. The van der Waals surface area contributed by atoms with E-state index in [4.69, 9.17) is 13.9 Å². The van der Waals surface area contributed by atoms with Crippen molar-refractivity contribution in [2.24, 2.45) is 0 Å². The zero-order valence-corrected chi connectivity index (χ0v) is 12.6. The average Bonchev–Trinajstić information content (AvgIpc) is 3.09. The summed E-state index contributed by atoms with van der Waals surface area (Å²) in [6, 6.07) is 14.7. The summed E-state index contributed by atoms with van der Waals surface area (Å²) in [6.45, 7) is 0.212. The summed E-state index contributed by atoms with van der Waals surface area (Å²) in [5.41, 5.74) is 1.98. The van der Waals surface area contributed by atoms with Gasteiger partial charge < -0.3 is 13.9 Å². The molecule has 3 rings (SSSR count). The van der Waals surface area contributed by atoms with Crippen LogP contribution in [0.1, 0.15) is 16.1 Å². The van der Waals surface area contributed by atoms with Crippen LogP contribution in [0, 0.1) is 0 Å². The monoisotopic (exact) mass is 309 g/mol. The molecule has 23 heavy (non-hydrogen) atoms. The highest BCUT2D eigenvalue weighted by Gasteiger charge is 2.09. The van der Waals surface area contributed by atoms with Gasteiger partial charge in [-0.2, -0.15) is 0 Å². The molecule has 0 bridgehead atoms. The van der Waals surface area contributed by atoms with Gasteiger partial charge in [-0.1, -0.05) is 18.2 Å². The summed E-state index contributed by atoms with van der Waals surface area (Å²) >= 11 is 0. The predicted molar refractivity (Wildman–Crippen MR) is 84.7 cm³/mol. The minimum atomic E-state index is 0.212. The van der Waals surface area contributed by atoms with Gasteiger partial charge in [-0.15, -0.1) is 0 Å². The molecule has 0 aliphatic carbocycles. The van der Waals surface area contributed by atoms with E-state index in [0.717, 1.165) is 11.8 Å². The molecule has 0 spiro atoms. The fourth-order valence-electron chi connectivity index (χ4n) is 2.12. The zero-order valence-electron chi connectivity index (χ0n) is 12.6. The van der Waals surface area contributed by atoms with Crippen molar-refractivity contribution < 1.29 is 18.7 Å². The fraction of sp³-hybridized carbons (Fsp3) is 0.111. The molecule has 0 radical (unpaired) electrons. The van der Waals surface area contributed by atoms with Crippen LogP contribution in [0.4, 0.5) is 0 Å². The van der Waals surface area contributed by atoms with E-state index >= 15 is 0 Å². The number of oxazole rings is 1. The van der Waals surface area contributed by atoms with Crippen molar-refractivity contribution in [3.63, 3.8) is 0 Å². The van der Waals surface area contributed by atoms with Gasteiger partial charge >= 0.3 is 0 Å². The van der Waals surface area contributed by atoms with Crippen LogP contribution < -0.4 is 9.47 Å². The fourth-order valence-corrected chi connectivity index (χ4v) is 2.12. The van der Waals surface area contributed by atoms with Crippen molar-refractivity contribution in [1.82, 2.24) is 4.98 Å². The number of aldehydes is 1. The molecule has 0 unspecified atom stereocenters. The van der Waals surface area contributed by atoms with E-state index in [0.29, 0.717) is 28.6 Å². The van der Waals surface area contributed by atoms with Crippen molar-refractivity contribution in [3.05, 3.63) is 66.1 Å². The third-order valence-electron chi connectivity index (χ3n) is 3.29. The van der Waals surface area contributed by atoms with Crippen LogP contribution in [0.15, 0.2) is 59.2 Å². The van der Waals surface area contributed by atoms with Gasteiger partial charge in [0.05, 0.1) is 12.7 Å². The molecule has 5 nitrogen and oxygen atoms in total. The van der Waals surface area contributed by atoms with Crippen LogP contribution in [0.3, 0.4) is 0 Å². The molecule has 0 saturated carbocycles. The minimum Gasteiger partial charge on any atom is -0.497 e. The molecule has 0 saturated heterocycles. The second-order valence-electron chi connectivity index (χ2n) is 4.82. The Hall–Kier alpha value is -3.08. The molecule has 5 heteroatoms. The normalized spacial score (nSPS) is 10.3. The molecule has 1 aromatic heterocycles. The van der Waals surface area contributed by atoms with Crippen molar-refractivity contribution in [1.29, 1.82) is 0 Å². The Morgan fingerprint density at radius 2 is 2.00 bits per heavy atom. The van der Waals surface area contributed by atoms with E-state index in [1.807, 2.05) is 30.3 Å². The molecular weight excluding hydrogens is 294 g/mol. The lowest BCUT2D eigenvalue weighted by atomic mass is 10.2. The number of nitrogens with zero attached hydrogens (tertiary/aromatic N) is 1. The van der Waals surface area contributed by atoms with Gasteiger partial charge in [-0.3, -0.25) is 4.79 Å². The first-order valence-electron chi connectivity index (χ1n) is 7.06. The summed E-state index contributed by atoms with van der Waals surface area (Å²) in [5.74, 6) is 1.62. The van der Waals surface area contributed by atoms with E-state index in [9.17, 15) is 4.79 Å². The highest BCUT2D eigenvalue weighted by atomic mass is 16.5. The molecule has 0 amide bonds. The predicted octanol–water partition coefficient (Wildman–Crippen LogP) is 3.74. The highest BCUT2D eigenvalue weighted by Crippen LogP contribution is 2.24. The number of ether oxygens (including phenoxy) is 2. The Kier molecular flexibility index (Phi) is 4.38. The maximum absolute atomic E-state index is 11.1. The van der Waals surface area contributed by atoms with Crippen molar-refractivity contribution in [2.45, 2.75) is 6.61 Å². The molecular formula is C18H15NO4. The first kappa shape index (κ1) is 14.8.